The molecule has 1 amide bonds. The molecule has 27 heavy (non-hydrogen) atoms. The molecule has 0 bridgehead atoms. The Kier molecular flexibility index (Phi) is 4.12. The van der Waals surface area contributed by atoms with Crippen LogP contribution >= 0.6 is 11.3 Å². The van der Waals surface area contributed by atoms with Crippen molar-refractivity contribution in [1.82, 2.24) is 4.98 Å². The Morgan fingerprint density at radius 3 is 2.44 bits per heavy atom. The van der Waals surface area contributed by atoms with Crippen molar-refractivity contribution in [2.24, 2.45) is 0 Å². The first kappa shape index (κ1) is 17.5. The predicted octanol–water partition coefficient (Wildman–Crippen LogP) is 5.52. The summed E-state index contributed by atoms with van der Waals surface area (Å²) < 4.78 is 0. The van der Waals surface area contributed by atoms with Gasteiger partial charge in [-0.2, -0.15) is 0 Å². The average Bonchev–Trinajstić information content (AvgIpc) is 2.96. The van der Waals surface area contributed by atoms with Crippen molar-refractivity contribution in [3.05, 3.63) is 63.5 Å². The van der Waals surface area contributed by atoms with Gasteiger partial charge in [0.1, 0.15) is 9.71 Å². The molecule has 0 aliphatic heterocycles. The number of thiophene rings is 1. The molecule has 2 aromatic carbocycles. The normalized spacial score (nSPS) is 11.3. The second-order valence-corrected chi connectivity index (χ2v) is 8.05. The fraction of sp³-hybridized carbons (Fsp3) is 0.182. The van der Waals surface area contributed by atoms with Crippen LogP contribution in [0.2, 0.25) is 0 Å². The predicted molar refractivity (Wildman–Crippen MR) is 115 cm³/mol. The van der Waals surface area contributed by atoms with E-state index in [1.54, 1.807) is 0 Å². The van der Waals surface area contributed by atoms with Gasteiger partial charge in [0.2, 0.25) is 0 Å². The Balaban J connectivity index is 1.81. The number of benzene rings is 2. The highest BCUT2D eigenvalue weighted by molar-refractivity contribution is 7.21. The minimum absolute atomic E-state index is 0.194. The van der Waals surface area contributed by atoms with Crippen LogP contribution in [0.4, 0.5) is 11.4 Å². The van der Waals surface area contributed by atoms with E-state index in [1.165, 1.54) is 11.3 Å². The monoisotopic (exact) mass is 375 g/mol. The fourth-order valence-corrected chi connectivity index (χ4v) is 4.34. The molecule has 2 aromatic heterocycles. The molecule has 4 nitrogen and oxygen atoms in total. The number of pyridine rings is 1. The van der Waals surface area contributed by atoms with Crippen LogP contribution in [0.15, 0.2) is 36.4 Å². The minimum atomic E-state index is -0.194. The van der Waals surface area contributed by atoms with Gasteiger partial charge in [-0.3, -0.25) is 4.79 Å². The van der Waals surface area contributed by atoms with Crippen LogP contribution in [0.1, 0.15) is 31.9 Å². The van der Waals surface area contributed by atoms with E-state index in [2.05, 4.69) is 30.4 Å². The third-order valence-corrected chi connectivity index (χ3v) is 6.05. The fourth-order valence-electron chi connectivity index (χ4n) is 3.36. The number of carbonyl (C=O) groups is 1. The van der Waals surface area contributed by atoms with E-state index >= 15 is 0 Å². The Hall–Kier alpha value is -2.92. The SMILES string of the molecule is Cc1ccc(NC(=O)c2sc3nc4c(C)ccc(C)c4cc3c2N)c(C)c1. The molecule has 4 rings (SSSR count). The molecule has 4 aromatic rings. The smallest absolute Gasteiger partial charge is 0.267 e. The van der Waals surface area contributed by atoms with Crippen molar-refractivity contribution in [3.63, 3.8) is 0 Å². The number of carbonyl (C=O) groups excluding carboxylic acids is 1. The first-order valence-electron chi connectivity index (χ1n) is 8.82. The van der Waals surface area contributed by atoms with E-state index in [0.29, 0.717) is 10.6 Å². The lowest BCUT2D eigenvalue weighted by Gasteiger charge is -2.08. The van der Waals surface area contributed by atoms with E-state index in [0.717, 1.165) is 49.1 Å². The first-order chi connectivity index (χ1) is 12.8. The summed E-state index contributed by atoms with van der Waals surface area (Å²) in [5.74, 6) is -0.194. The zero-order valence-electron chi connectivity index (χ0n) is 15.8. The maximum atomic E-state index is 12.9. The maximum Gasteiger partial charge on any atom is 0.267 e. The number of rotatable bonds is 2. The van der Waals surface area contributed by atoms with Crippen LogP contribution in [-0.4, -0.2) is 10.9 Å². The maximum absolute atomic E-state index is 12.9. The number of aromatic nitrogens is 1. The molecule has 0 radical (unpaired) electrons. The quantitative estimate of drug-likeness (QED) is 0.485. The number of fused-ring (bicyclic) bond motifs is 2. The number of nitrogen functional groups attached to an aromatic ring is 1. The van der Waals surface area contributed by atoms with Gasteiger partial charge in [-0.1, -0.05) is 29.8 Å². The van der Waals surface area contributed by atoms with Crippen LogP contribution in [-0.2, 0) is 0 Å². The van der Waals surface area contributed by atoms with E-state index in [9.17, 15) is 4.79 Å². The van der Waals surface area contributed by atoms with Crippen molar-refractivity contribution in [2.75, 3.05) is 11.1 Å². The first-order valence-corrected chi connectivity index (χ1v) is 9.64. The second kappa shape index (κ2) is 6.35. The van der Waals surface area contributed by atoms with Gasteiger partial charge in [-0.05, 0) is 56.5 Å². The lowest BCUT2D eigenvalue weighted by Crippen LogP contribution is -2.12. The molecule has 3 N–H and O–H groups in total. The van der Waals surface area contributed by atoms with Gasteiger partial charge in [0.05, 0.1) is 11.2 Å². The van der Waals surface area contributed by atoms with Gasteiger partial charge in [-0.25, -0.2) is 4.98 Å². The number of hydrogen-bond donors (Lipinski definition) is 2. The van der Waals surface area contributed by atoms with Gasteiger partial charge in [0.25, 0.3) is 5.91 Å². The summed E-state index contributed by atoms with van der Waals surface area (Å²) in [7, 11) is 0. The lowest BCUT2D eigenvalue weighted by atomic mass is 10.0. The highest BCUT2D eigenvalue weighted by atomic mass is 32.1. The van der Waals surface area contributed by atoms with E-state index in [1.807, 2.05) is 39.0 Å². The van der Waals surface area contributed by atoms with Crippen LogP contribution in [0, 0.1) is 27.7 Å². The highest BCUT2D eigenvalue weighted by Crippen LogP contribution is 2.36. The van der Waals surface area contributed by atoms with Crippen LogP contribution in [0.3, 0.4) is 0 Å². The number of amides is 1. The van der Waals surface area contributed by atoms with Gasteiger partial charge >= 0.3 is 0 Å². The Morgan fingerprint density at radius 1 is 0.963 bits per heavy atom. The summed E-state index contributed by atoms with van der Waals surface area (Å²) in [4.78, 5) is 19.0. The van der Waals surface area contributed by atoms with Crippen LogP contribution < -0.4 is 11.1 Å². The molecule has 136 valence electrons. The molecular weight excluding hydrogens is 354 g/mol. The average molecular weight is 375 g/mol. The van der Waals surface area contributed by atoms with Crippen molar-refractivity contribution >= 4 is 49.7 Å². The zero-order valence-corrected chi connectivity index (χ0v) is 16.6. The number of nitrogens with two attached hydrogens (primary N) is 1. The Morgan fingerprint density at radius 2 is 1.70 bits per heavy atom. The minimum Gasteiger partial charge on any atom is -0.397 e. The second-order valence-electron chi connectivity index (χ2n) is 7.05. The van der Waals surface area contributed by atoms with Crippen molar-refractivity contribution < 1.29 is 4.79 Å². The standard InChI is InChI=1S/C22H21N3OS/c1-11-5-8-17(14(4)9-11)24-21(26)20-18(23)16-10-15-12(2)6-7-13(3)19(15)25-22(16)27-20/h5-10H,23H2,1-4H3,(H,24,26). The third-order valence-electron chi connectivity index (χ3n) is 4.94. The van der Waals surface area contributed by atoms with Crippen LogP contribution in [0.5, 0.6) is 0 Å². The number of nitrogens with zero attached hydrogens (tertiary/aromatic N) is 1. The largest absolute Gasteiger partial charge is 0.397 e. The summed E-state index contributed by atoms with van der Waals surface area (Å²) >= 11 is 1.34. The van der Waals surface area contributed by atoms with Gasteiger partial charge in [0, 0.05) is 16.5 Å². The van der Waals surface area contributed by atoms with E-state index in [-0.39, 0.29) is 5.91 Å². The molecule has 0 spiro atoms. The Labute approximate surface area is 162 Å². The van der Waals surface area contributed by atoms with Gasteiger partial charge in [0.15, 0.2) is 0 Å². The molecule has 2 heterocycles. The summed E-state index contributed by atoms with van der Waals surface area (Å²) in [5, 5.41) is 4.90. The molecule has 0 unspecified atom stereocenters. The Bertz CT molecular complexity index is 1220. The topological polar surface area (TPSA) is 68.0 Å². The van der Waals surface area contributed by atoms with Crippen molar-refractivity contribution in [3.8, 4) is 0 Å². The molecule has 0 aliphatic carbocycles. The van der Waals surface area contributed by atoms with Crippen molar-refractivity contribution in [1.29, 1.82) is 0 Å². The molecule has 0 saturated carbocycles. The molecule has 5 heteroatoms. The van der Waals surface area contributed by atoms with Crippen molar-refractivity contribution in [2.45, 2.75) is 27.7 Å². The summed E-state index contributed by atoms with van der Waals surface area (Å²) in [6, 6.07) is 12.2. The number of nitrogens with one attached hydrogen (secondary N) is 1. The summed E-state index contributed by atoms with van der Waals surface area (Å²) in [6.45, 7) is 8.12. The molecule has 0 aliphatic rings. The molecule has 0 atom stereocenters. The van der Waals surface area contributed by atoms with Gasteiger partial charge < -0.3 is 11.1 Å². The van der Waals surface area contributed by atoms with Gasteiger partial charge in [-0.15, -0.1) is 11.3 Å². The number of aryl methyl sites for hydroxylation is 4. The van der Waals surface area contributed by atoms with E-state index < -0.39 is 0 Å². The molecule has 0 fully saturated rings. The summed E-state index contributed by atoms with van der Waals surface area (Å²) in [6.07, 6.45) is 0. The third kappa shape index (κ3) is 2.94. The molecular formula is C22H21N3OS. The highest BCUT2D eigenvalue weighted by Gasteiger charge is 2.19. The van der Waals surface area contributed by atoms with E-state index in [4.69, 9.17) is 10.7 Å². The number of hydrogen-bond acceptors (Lipinski definition) is 4. The lowest BCUT2D eigenvalue weighted by molar-refractivity contribution is 0.103. The zero-order chi connectivity index (χ0) is 19.3. The molecule has 0 saturated heterocycles. The number of anilines is 2. The van der Waals surface area contributed by atoms with Crippen LogP contribution in [0.25, 0.3) is 21.1 Å². The summed E-state index contributed by atoms with van der Waals surface area (Å²) in [5.41, 5.74) is 13.1.